The van der Waals surface area contributed by atoms with Crippen LogP contribution in [-0.2, 0) is 9.59 Å². The van der Waals surface area contributed by atoms with Gasteiger partial charge in [-0.1, -0.05) is 44.2 Å². The van der Waals surface area contributed by atoms with Gasteiger partial charge in [-0.05, 0) is 11.5 Å². The number of nitrogens with one attached hydrogen (secondary N) is 2. The van der Waals surface area contributed by atoms with E-state index in [1.807, 2.05) is 32.0 Å². The van der Waals surface area contributed by atoms with Gasteiger partial charge in [0.15, 0.2) is 0 Å². The van der Waals surface area contributed by atoms with Crippen LogP contribution < -0.4 is 16.6 Å². The van der Waals surface area contributed by atoms with E-state index in [4.69, 9.17) is 5.73 Å². The molecule has 1 unspecified atom stereocenters. The summed E-state index contributed by atoms with van der Waals surface area (Å²) in [6.07, 6.45) is 0.396. The normalized spacial score (nSPS) is 12.2. The Morgan fingerprint density at radius 1 is 1.22 bits per heavy atom. The second-order valence-electron chi connectivity index (χ2n) is 4.54. The molecular formula is C13H19N3O2. The maximum Gasteiger partial charge on any atom is 0.240 e. The lowest BCUT2D eigenvalue weighted by Gasteiger charge is -2.17. The van der Waals surface area contributed by atoms with Crippen molar-refractivity contribution in [1.82, 2.24) is 10.9 Å². The van der Waals surface area contributed by atoms with Gasteiger partial charge in [-0.2, -0.15) is 0 Å². The van der Waals surface area contributed by atoms with Crippen molar-refractivity contribution in [3.05, 3.63) is 35.9 Å². The summed E-state index contributed by atoms with van der Waals surface area (Å²) in [6, 6.07) is 8.29. The molecule has 0 aliphatic heterocycles. The van der Waals surface area contributed by atoms with E-state index in [9.17, 15) is 9.59 Å². The fraction of sp³-hybridized carbons (Fsp3) is 0.385. The summed E-state index contributed by atoms with van der Waals surface area (Å²) in [7, 11) is 0. The molecule has 0 aliphatic carbocycles. The van der Waals surface area contributed by atoms with Crippen molar-refractivity contribution in [3.8, 4) is 0 Å². The number of hydrogen-bond acceptors (Lipinski definition) is 3. The minimum Gasteiger partial charge on any atom is -0.368 e. The highest BCUT2D eigenvalue weighted by Crippen LogP contribution is 2.10. The highest BCUT2D eigenvalue weighted by molar-refractivity contribution is 5.82. The van der Waals surface area contributed by atoms with Gasteiger partial charge in [0.05, 0.1) is 0 Å². The summed E-state index contributed by atoms with van der Waals surface area (Å²) in [5.41, 5.74) is 11.2. The van der Waals surface area contributed by atoms with Crippen LogP contribution in [-0.4, -0.2) is 11.8 Å². The number of hydrogen-bond donors (Lipinski definition) is 3. The first-order valence-corrected chi connectivity index (χ1v) is 5.89. The van der Waals surface area contributed by atoms with Crippen LogP contribution in [0.4, 0.5) is 0 Å². The molecule has 1 rings (SSSR count). The molecule has 0 aromatic heterocycles. The first kappa shape index (κ1) is 14.2. The molecule has 0 bridgehead atoms. The molecule has 0 spiro atoms. The minimum absolute atomic E-state index is 0.160. The fourth-order valence-corrected chi connectivity index (χ4v) is 1.54. The van der Waals surface area contributed by atoms with Crippen molar-refractivity contribution in [2.45, 2.75) is 26.3 Å². The van der Waals surface area contributed by atoms with Crippen LogP contribution in [0.15, 0.2) is 30.3 Å². The number of carbonyl (C=O) groups excluding carboxylic acids is 2. The Hall–Kier alpha value is -1.88. The summed E-state index contributed by atoms with van der Waals surface area (Å²) < 4.78 is 0. The SMILES string of the molecule is CC(C)CC(=O)NNC(C(N)=O)c1ccccc1. The summed E-state index contributed by atoms with van der Waals surface area (Å²) in [6.45, 7) is 3.89. The largest absolute Gasteiger partial charge is 0.368 e. The van der Waals surface area contributed by atoms with Crippen LogP contribution in [0.3, 0.4) is 0 Å². The Bertz CT molecular complexity index is 404. The molecular weight excluding hydrogens is 230 g/mol. The standard InChI is InChI=1S/C13H19N3O2/c1-9(2)8-11(17)15-16-12(13(14)18)10-6-4-3-5-7-10/h3-7,9,12,16H,8H2,1-2H3,(H2,14,18)(H,15,17). The summed E-state index contributed by atoms with van der Waals surface area (Å²) >= 11 is 0. The van der Waals surface area contributed by atoms with E-state index in [1.165, 1.54) is 0 Å². The van der Waals surface area contributed by atoms with Crippen LogP contribution in [0.25, 0.3) is 0 Å². The van der Waals surface area contributed by atoms with E-state index < -0.39 is 11.9 Å². The van der Waals surface area contributed by atoms with Crippen molar-refractivity contribution >= 4 is 11.8 Å². The molecule has 0 saturated heterocycles. The van der Waals surface area contributed by atoms with Gasteiger partial charge in [0.1, 0.15) is 6.04 Å². The molecule has 1 aromatic rings. The molecule has 2 amide bonds. The van der Waals surface area contributed by atoms with Crippen molar-refractivity contribution < 1.29 is 9.59 Å². The van der Waals surface area contributed by atoms with E-state index in [0.29, 0.717) is 6.42 Å². The number of nitrogens with two attached hydrogens (primary N) is 1. The van der Waals surface area contributed by atoms with Crippen LogP contribution in [0.1, 0.15) is 31.9 Å². The summed E-state index contributed by atoms with van der Waals surface area (Å²) in [5, 5.41) is 0. The molecule has 1 aromatic carbocycles. The van der Waals surface area contributed by atoms with E-state index >= 15 is 0 Å². The minimum atomic E-state index is -0.720. The monoisotopic (exact) mass is 249 g/mol. The zero-order chi connectivity index (χ0) is 13.5. The third kappa shape index (κ3) is 4.55. The zero-order valence-electron chi connectivity index (χ0n) is 10.6. The second kappa shape index (κ2) is 6.76. The molecule has 5 nitrogen and oxygen atoms in total. The third-order valence-electron chi connectivity index (χ3n) is 2.37. The van der Waals surface area contributed by atoms with Crippen LogP contribution in [0.5, 0.6) is 0 Å². The molecule has 0 fully saturated rings. The first-order chi connectivity index (χ1) is 8.50. The number of benzene rings is 1. The molecule has 5 heteroatoms. The lowest BCUT2D eigenvalue weighted by Crippen LogP contribution is -2.45. The first-order valence-electron chi connectivity index (χ1n) is 5.89. The number of primary amides is 1. The lowest BCUT2D eigenvalue weighted by atomic mass is 10.1. The predicted octanol–water partition coefficient (Wildman–Crippen LogP) is 0.880. The Kier molecular flexibility index (Phi) is 5.32. The van der Waals surface area contributed by atoms with Crippen molar-refractivity contribution in [1.29, 1.82) is 0 Å². The highest BCUT2D eigenvalue weighted by Gasteiger charge is 2.17. The summed E-state index contributed by atoms with van der Waals surface area (Å²) in [4.78, 5) is 22.8. The maximum absolute atomic E-state index is 11.5. The Morgan fingerprint density at radius 2 is 1.83 bits per heavy atom. The van der Waals surface area contributed by atoms with E-state index in [1.54, 1.807) is 12.1 Å². The number of amides is 2. The van der Waals surface area contributed by atoms with Crippen molar-refractivity contribution in [3.63, 3.8) is 0 Å². The number of rotatable bonds is 6. The lowest BCUT2D eigenvalue weighted by molar-refractivity contribution is -0.124. The van der Waals surface area contributed by atoms with Gasteiger partial charge in [0.2, 0.25) is 11.8 Å². The molecule has 0 aliphatic rings. The van der Waals surface area contributed by atoms with E-state index in [-0.39, 0.29) is 11.8 Å². The molecule has 0 radical (unpaired) electrons. The van der Waals surface area contributed by atoms with Gasteiger partial charge in [-0.3, -0.25) is 15.0 Å². The quantitative estimate of drug-likeness (QED) is 0.654. The zero-order valence-corrected chi connectivity index (χ0v) is 10.6. The van der Waals surface area contributed by atoms with Gasteiger partial charge in [-0.25, -0.2) is 5.43 Å². The average Bonchev–Trinajstić information content (AvgIpc) is 2.29. The van der Waals surface area contributed by atoms with Crippen molar-refractivity contribution in [2.24, 2.45) is 11.7 Å². The Labute approximate surface area is 107 Å². The smallest absolute Gasteiger partial charge is 0.240 e. The van der Waals surface area contributed by atoms with Crippen LogP contribution in [0, 0.1) is 5.92 Å². The molecule has 4 N–H and O–H groups in total. The molecule has 1 atom stereocenters. The van der Waals surface area contributed by atoms with Crippen LogP contribution in [0.2, 0.25) is 0 Å². The molecule has 98 valence electrons. The number of hydrazine groups is 1. The maximum atomic E-state index is 11.5. The van der Waals surface area contributed by atoms with E-state index in [2.05, 4.69) is 10.9 Å². The van der Waals surface area contributed by atoms with Gasteiger partial charge in [0.25, 0.3) is 0 Å². The van der Waals surface area contributed by atoms with Gasteiger partial charge >= 0.3 is 0 Å². The van der Waals surface area contributed by atoms with Gasteiger partial charge < -0.3 is 5.73 Å². The Balaban J connectivity index is 2.60. The van der Waals surface area contributed by atoms with Gasteiger partial charge in [-0.15, -0.1) is 0 Å². The second-order valence-corrected chi connectivity index (χ2v) is 4.54. The Morgan fingerprint density at radius 3 is 2.33 bits per heavy atom. The summed E-state index contributed by atoms with van der Waals surface area (Å²) in [5.74, 6) is -0.436. The van der Waals surface area contributed by atoms with Crippen molar-refractivity contribution in [2.75, 3.05) is 0 Å². The van der Waals surface area contributed by atoms with Crippen LogP contribution >= 0.6 is 0 Å². The highest BCUT2D eigenvalue weighted by atomic mass is 16.2. The predicted molar refractivity (Wildman–Crippen MR) is 69.1 cm³/mol. The number of carbonyl (C=O) groups is 2. The fourth-order valence-electron chi connectivity index (χ4n) is 1.54. The average molecular weight is 249 g/mol. The molecule has 18 heavy (non-hydrogen) atoms. The molecule has 0 saturated carbocycles. The van der Waals surface area contributed by atoms with E-state index in [0.717, 1.165) is 5.56 Å². The third-order valence-corrected chi connectivity index (χ3v) is 2.37. The topological polar surface area (TPSA) is 84.2 Å². The molecule has 0 heterocycles. The van der Waals surface area contributed by atoms with Gasteiger partial charge in [0, 0.05) is 6.42 Å².